The molecule has 0 bridgehead atoms. The summed E-state index contributed by atoms with van der Waals surface area (Å²) in [5.74, 6) is -0.636. The Kier molecular flexibility index (Phi) is 2.94. The first kappa shape index (κ1) is 12.4. The van der Waals surface area contributed by atoms with Crippen LogP contribution in [-0.4, -0.2) is 5.91 Å². The third-order valence-corrected chi connectivity index (χ3v) is 3.93. The molecule has 98 valence electrons. The molecule has 19 heavy (non-hydrogen) atoms. The molecule has 4 heteroatoms. The van der Waals surface area contributed by atoms with Crippen molar-refractivity contribution in [2.75, 3.05) is 4.90 Å². The lowest BCUT2D eigenvalue weighted by atomic mass is 9.93. The highest BCUT2D eigenvalue weighted by Gasteiger charge is 2.36. The number of halogens is 2. The van der Waals surface area contributed by atoms with Gasteiger partial charge in [-0.05, 0) is 49.5 Å². The number of hydrogen-bond donors (Lipinski definition) is 0. The second kappa shape index (κ2) is 4.49. The Labute approximate surface area is 116 Å². The van der Waals surface area contributed by atoms with E-state index in [1.807, 2.05) is 0 Å². The molecular formula is C15H13ClFNO. The van der Waals surface area contributed by atoms with Crippen molar-refractivity contribution in [3.63, 3.8) is 0 Å². The standard InChI is InChI=1S/C15H13ClFNO/c1-9-11-4-2-3-5-12(11)15(19)18(9)14-7-6-10(16)8-13(14)17/h6-8H,1-5H2. The molecule has 2 aliphatic rings. The van der Waals surface area contributed by atoms with Gasteiger partial charge < -0.3 is 0 Å². The van der Waals surface area contributed by atoms with Crippen LogP contribution in [0.15, 0.2) is 41.6 Å². The lowest BCUT2D eigenvalue weighted by Crippen LogP contribution is -2.25. The van der Waals surface area contributed by atoms with Gasteiger partial charge >= 0.3 is 0 Å². The third kappa shape index (κ3) is 1.89. The molecule has 1 amide bonds. The molecule has 0 spiro atoms. The highest BCUT2D eigenvalue weighted by atomic mass is 35.5. The van der Waals surface area contributed by atoms with Crippen molar-refractivity contribution in [1.29, 1.82) is 0 Å². The second-order valence-electron chi connectivity index (χ2n) is 4.85. The minimum atomic E-state index is -0.498. The molecular weight excluding hydrogens is 265 g/mol. The van der Waals surface area contributed by atoms with Crippen LogP contribution in [-0.2, 0) is 4.79 Å². The topological polar surface area (TPSA) is 20.3 Å². The molecule has 0 fully saturated rings. The van der Waals surface area contributed by atoms with Gasteiger partial charge in [-0.25, -0.2) is 4.39 Å². The lowest BCUT2D eigenvalue weighted by Gasteiger charge is -2.19. The van der Waals surface area contributed by atoms with Crippen LogP contribution >= 0.6 is 11.6 Å². The fourth-order valence-corrected chi connectivity index (χ4v) is 2.93. The van der Waals surface area contributed by atoms with E-state index in [0.717, 1.165) is 36.8 Å². The van der Waals surface area contributed by atoms with Crippen molar-refractivity contribution in [2.24, 2.45) is 0 Å². The molecule has 1 aliphatic carbocycles. The number of anilines is 1. The smallest absolute Gasteiger partial charge is 0.259 e. The Bertz CT molecular complexity index is 593. The largest absolute Gasteiger partial charge is 0.275 e. The summed E-state index contributed by atoms with van der Waals surface area (Å²) in [5.41, 5.74) is 2.63. The monoisotopic (exact) mass is 277 g/mol. The molecule has 0 radical (unpaired) electrons. The summed E-state index contributed by atoms with van der Waals surface area (Å²) in [6, 6.07) is 4.33. The summed E-state index contributed by atoms with van der Waals surface area (Å²) in [5, 5.41) is 0.316. The van der Waals surface area contributed by atoms with Crippen molar-refractivity contribution in [1.82, 2.24) is 0 Å². The Hall–Kier alpha value is -1.61. The van der Waals surface area contributed by atoms with E-state index in [9.17, 15) is 9.18 Å². The van der Waals surface area contributed by atoms with Crippen LogP contribution in [0.5, 0.6) is 0 Å². The summed E-state index contributed by atoms with van der Waals surface area (Å²) in [6.45, 7) is 3.96. The van der Waals surface area contributed by atoms with Crippen LogP contribution in [0, 0.1) is 5.82 Å². The molecule has 0 unspecified atom stereocenters. The maximum atomic E-state index is 14.0. The van der Waals surface area contributed by atoms with Crippen LogP contribution < -0.4 is 4.90 Å². The molecule has 1 heterocycles. The van der Waals surface area contributed by atoms with Gasteiger partial charge in [-0.2, -0.15) is 0 Å². The second-order valence-corrected chi connectivity index (χ2v) is 5.28. The van der Waals surface area contributed by atoms with E-state index in [-0.39, 0.29) is 11.6 Å². The van der Waals surface area contributed by atoms with Gasteiger partial charge in [0.15, 0.2) is 0 Å². The zero-order valence-corrected chi connectivity index (χ0v) is 11.1. The molecule has 1 aromatic rings. The highest BCUT2D eigenvalue weighted by Crippen LogP contribution is 2.41. The first-order valence-electron chi connectivity index (χ1n) is 6.30. The minimum absolute atomic E-state index is 0.138. The number of hydrogen-bond acceptors (Lipinski definition) is 1. The zero-order chi connectivity index (χ0) is 13.6. The van der Waals surface area contributed by atoms with Crippen molar-refractivity contribution in [2.45, 2.75) is 25.7 Å². The quantitative estimate of drug-likeness (QED) is 0.753. The summed E-state index contributed by atoms with van der Waals surface area (Å²) in [4.78, 5) is 13.8. The number of carbonyl (C=O) groups excluding carboxylic acids is 1. The van der Waals surface area contributed by atoms with Crippen LogP contribution in [0.3, 0.4) is 0 Å². The minimum Gasteiger partial charge on any atom is -0.275 e. The van der Waals surface area contributed by atoms with Crippen LogP contribution in [0.1, 0.15) is 25.7 Å². The van der Waals surface area contributed by atoms with E-state index >= 15 is 0 Å². The lowest BCUT2D eigenvalue weighted by molar-refractivity contribution is -0.114. The Morgan fingerprint density at radius 3 is 2.53 bits per heavy atom. The third-order valence-electron chi connectivity index (χ3n) is 3.70. The Morgan fingerprint density at radius 2 is 1.89 bits per heavy atom. The first-order valence-corrected chi connectivity index (χ1v) is 6.68. The predicted octanol–water partition coefficient (Wildman–Crippen LogP) is 4.21. The van der Waals surface area contributed by atoms with E-state index in [0.29, 0.717) is 10.7 Å². The Balaban J connectivity index is 2.04. The summed E-state index contributed by atoms with van der Waals surface area (Å²) in [6.07, 6.45) is 3.68. The maximum Gasteiger partial charge on any atom is 0.259 e. The highest BCUT2D eigenvalue weighted by molar-refractivity contribution is 6.30. The summed E-state index contributed by atoms with van der Waals surface area (Å²) in [7, 11) is 0. The van der Waals surface area contributed by atoms with E-state index in [1.54, 1.807) is 6.07 Å². The molecule has 1 aliphatic heterocycles. The molecule has 0 saturated carbocycles. The number of rotatable bonds is 1. The van der Waals surface area contributed by atoms with Crippen molar-refractivity contribution >= 4 is 23.2 Å². The summed E-state index contributed by atoms with van der Waals surface area (Å²) < 4.78 is 14.0. The molecule has 0 N–H and O–H groups in total. The number of allylic oxidation sites excluding steroid dienone is 1. The number of benzene rings is 1. The fraction of sp³-hybridized carbons (Fsp3) is 0.267. The van der Waals surface area contributed by atoms with Gasteiger partial charge in [0.05, 0.1) is 5.69 Å². The molecule has 0 saturated heterocycles. The van der Waals surface area contributed by atoms with Gasteiger partial charge in [-0.15, -0.1) is 0 Å². The van der Waals surface area contributed by atoms with Gasteiger partial charge in [0.2, 0.25) is 0 Å². The molecule has 2 nitrogen and oxygen atoms in total. The number of amides is 1. The fourth-order valence-electron chi connectivity index (χ4n) is 2.77. The van der Waals surface area contributed by atoms with E-state index < -0.39 is 5.82 Å². The van der Waals surface area contributed by atoms with Crippen molar-refractivity contribution in [3.05, 3.63) is 52.5 Å². The average Bonchev–Trinajstić information content (AvgIpc) is 2.64. The SMILES string of the molecule is C=C1C2=C(CCCC2)C(=O)N1c1ccc(Cl)cc1F. The zero-order valence-electron chi connectivity index (χ0n) is 10.4. The first-order chi connectivity index (χ1) is 9.09. The van der Waals surface area contributed by atoms with E-state index in [2.05, 4.69) is 6.58 Å². The van der Waals surface area contributed by atoms with Gasteiger partial charge in [-0.3, -0.25) is 9.69 Å². The number of carbonyl (C=O) groups is 1. The van der Waals surface area contributed by atoms with Crippen LogP contribution in [0.2, 0.25) is 5.02 Å². The van der Waals surface area contributed by atoms with Gasteiger partial charge in [0.1, 0.15) is 5.82 Å². The van der Waals surface area contributed by atoms with Crippen molar-refractivity contribution < 1.29 is 9.18 Å². The molecule has 1 aromatic carbocycles. The van der Waals surface area contributed by atoms with Crippen LogP contribution in [0.4, 0.5) is 10.1 Å². The molecule has 0 aromatic heterocycles. The van der Waals surface area contributed by atoms with Gasteiger partial charge in [-0.1, -0.05) is 18.2 Å². The van der Waals surface area contributed by atoms with E-state index in [1.165, 1.54) is 17.0 Å². The predicted molar refractivity (Wildman–Crippen MR) is 73.5 cm³/mol. The molecule has 3 rings (SSSR count). The van der Waals surface area contributed by atoms with Gasteiger partial charge in [0.25, 0.3) is 5.91 Å². The Morgan fingerprint density at radius 1 is 1.21 bits per heavy atom. The van der Waals surface area contributed by atoms with Gasteiger partial charge in [0, 0.05) is 16.3 Å². The summed E-state index contributed by atoms with van der Waals surface area (Å²) >= 11 is 5.74. The van der Waals surface area contributed by atoms with Crippen LogP contribution in [0.25, 0.3) is 0 Å². The maximum absolute atomic E-state index is 14.0. The van der Waals surface area contributed by atoms with E-state index in [4.69, 9.17) is 11.6 Å². The molecule has 0 atom stereocenters. The normalized spacial score (nSPS) is 19.2. The van der Waals surface area contributed by atoms with Crippen molar-refractivity contribution in [3.8, 4) is 0 Å². The average molecular weight is 278 g/mol. The number of nitrogens with zero attached hydrogens (tertiary/aromatic N) is 1.